The van der Waals surface area contributed by atoms with Gasteiger partial charge in [0.05, 0.1) is 15.2 Å². The normalized spacial score (nSPS) is 20.6. The highest BCUT2D eigenvalue weighted by atomic mass is 32.1. The van der Waals surface area contributed by atoms with Gasteiger partial charge in [-0.15, -0.1) is 11.3 Å². The van der Waals surface area contributed by atoms with Crippen molar-refractivity contribution in [2.45, 2.75) is 31.7 Å². The third-order valence-corrected chi connectivity index (χ3v) is 4.30. The molecule has 0 amide bonds. The van der Waals surface area contributed by atoms with Gasteiger partial charge in [-0.1, -0.05) is 12.1 Å². The van der Waals surface area contributed by atoms with Crippen LogP contribution in [0.15, 0.2) is 24.3 Å². The standard InChI is InChI=1S/C13H16N2S/c1-2-6-12-11(5-1)15-13(16-12)8-7-10-4-3-9-14-10/h1-2,5-6,10,14H,3-4,7-9H2. The predicted octanol–water partition coefficient (Wildman–Crippen LogP) is 2.98. The summed E-state index contributed by atoms with van der Waals surface area (Å²) < 4.78 is 1.32. The number of fused-ring (bicyclic) bond motifs is 1. The molecule has 3 heteroatoms. The summed E-state index contributed by atoms with van der Waals surface area (Å²) in [4.78, 5) is 4.66. The molecule has 1 fully saturated rings. The molecule has 3 rings (SSSR count). The van der Waals surface area contributed by atoms with E-state index in [9.17, 15) is 0 Å². The van der Waals surface area contributed by atoms with Crippen molar-refractivity contribution in [2.24, 2.45) is 0 Å². The average Bonchev–Trinajstić information content (AvgIpc) is 2.95. The average molecular weight is 232 g/mol. The highest BCUT2D eigenvalue weighted by Crippen LogP contribution is 2.23. The van der Waals surface area contributed by atoms with Crippen LogP contribution in [0, 0.1) is 0 Å². The van der Waals surface area contributed by atoms with E-state index in [4.69, 9.17) is 0 Å². The number of nitrogens with one attached hydrogen (secondary N) is 1. The molecule has 1 saturated heterocycles. The van der Waals surface area contributed by atoms with Gasteiger partial charge in [-0.3, -0.25) is 0 Å². The Morgan fingerprint density at radius 3 is 3.12 bits per heavy atom. The van der Waals surface area contributed by atoms with Gasteiger partial charge in [0, 0.05) is 12.5 Å². The second-order valence-electron chi connectivity index (χ2n) is 4.41. The molecular formula is C13H16N2S. The molecule has 1 atom stereocenters. The lowest BCUT2D eigenvalue weighted by molar-refractivity contribution is 0.559. The Hall–Kier alpha value is -0.930. The minimum Gasteiger partial charge on any atom is -0.314 e. The molecular weight excluding hydrogens is 216 g/mol. The number of rotatable bonds is 3. The molecule has 84 valence electrons. The molecule has 1 aromatic carbocycles. The van der Waals surface area contributed by atoms with Crippen LogP contribution in [0.2, 0.25) is 0 Å². The van der Waals surface area contributed by atoms with Crippen molar-refractivity contribution in [3.63, 3.8) is 0 Å². The molecule has 1 N–H and O–H groups in total. The van der Waals surface area contributed by atoms with E-state index in [0.717, 1.165) is 18.0 Å². The van der Waals surface area contributed by atoms with E-state index in [0.29, 0.717) is 0 Å². The van der Waals surface area contributed by atoms with Crippen LogP contribution in [0.1, 0.15) is 24.3 Å². The summed E-state index contributed by atoms with van der Waals surface area (Å²) in [6.45, 7) is 1.20. The van der Waals surface area contributed by atoms with Crippen LogP contribution in [0.5, 0.6) is 0 Å². The molecule has 1 aliphatic heterocycles. The van der Waals surface area contributed by atoms with E-state index in [1.165, 1.54) is 35.5 Å². The lowest BCUT2D eigenvalue weighted by atomic mass is 10.1. The molecule has 1 unspecified atom stereocenters. The summed E-state index contributed by atoms with van der Waals surface area (Å²) in [6.07, 6.45) is 5.03. The number of hydrogen-bond acceptors (Lipinski definition) is 3. The van der Waals surface area contributed by atoms with Gasteiger partial charge in [-0.05, 0) is 37.9 Å². The Bertz CT molecular complexity index is 438. The number of para-hydroxylation sites is 1. The van der Waals surface area contributed by atoms with E-state index < -0.39 is 0 Å². The summed E-state index contributed by atoms with van der Waals surface area (Å²) in [5.74, 6) is 0. The van der Waals surface area contributed by atoms with E-state index in [1.807, 2.05) is 11.3 Å². The number of thiazole rings is 1. The van der Waals surface area contributed by atoms with E-state index in [1.54, 1.807) is 0 Å². The molecule has 1 aromatic heterocycles. The van der Waals surface area contributed by atoms with Gasteiger partial charge in [-0.2, -0.15) is 0 Å². The minimum absolute atomic E-state index is 0.729. The zero-order valence-electron chi connectivity index (χ0n) is 9.28. The topological polar surface area (TPSA) is 24.9 Å². The minimum atomic E-state index is 0.729. The lowest BCUT2D eigenvalue weighted by Crippen LogP contribution is -2.21. The van der Waals surface area contributed by atoms with Crippen molar-refractivity contribution in [1.29, 1.82) is 0 Å². The molecule has 0 bridgehead atoms. The Morgan fingerprint density at radius 1 is 1.38 bits per heavy atom. The van der Waals surface area contributed by atoms with E-state index in [2.05, 4.69) is 34.6 Å². The van der Waals surface area contributed by atoms with Crippen LogP contribution < -0.4 is 5.32 Å². The van der Waals surface area contributed by atoms with Crippen molar-refractivity contribution in [1.82, 2.24) is 10.3 Å². The predicted molar refractivity (Wildman–Crippen MR) is 69.0 cm³/mol. The Labute approximate surface area is 99.7 Å². The highest BCUT2D eigenvalue weighted by molar-refractivity contribution is 7.18. The molecule has 16 heavy (non-hydrogen) atoms. The number of hydrogen-bond donors (Lipinski definition) is 1. The molecule has 2 heterocycles. The van der Waals surface area contributed by atoms with Crippen LogP contribution in [0.3, 0.4) is 0 Å². The maximum Gasteiger partial charge on any atom is 0.0939 e. The van der Waals surface area contributed by atoms with Crippen LogP contribution in [0.4, 0.5) is 0 Å². The Morgan fingerprint density at radius 2 is 2.31 bits per heavy atom. The fourth-order valence-corrected chi connectivity index (χ4v) is 3.31. The third-order valence-electron chi connectivity index (χ3n) is 3.21. The zero-order chi connectivity index (χ0) is 10.8. The zero-order valence-corrected chi connectivity index (χ0v) is 10.1. The molecule has 1 aliphatic rings. The Kier molecular flexibility index (Phi) is 2.89. The molecule has 0 radical (unpaired) electrons. The van der Waals surface area contributed by atoms with Crippen LogP contribution in [-0.2, 0) is 6.42 Å². The van der Waals surface area contributed by atoms with Crippen LogP contribution in [0.25, 0.3) is 10.2 Å². The SMILES string of the molecule is c1ccc2sc(CCC3CCCN3)nc2c1. The fourth-order valence-electron chi connectivity index (χ4n) is 2.33. The van der Waals surface area contributed by atoms with E-state index in [-0.39, 0.29) is 0 Å². The quantitative estimate of drug-likeness (QED) is 0.880. The van der Waals surface area contributed by atoms with Crippen LogP contribution in [-0.4, -0.2) is 17.6 Å². The van der Waals surface area contributed by atoms with Gasteiger partial charge in [0.2, 0.25) is 0 Å². The van der Waals surface area contributed by atoms with Crippen LogP contribution >= 0.6 is 11.3 Å². The monoisotopic (exact) mass is 232 g/mol. The first kappa shape index (κ1) is 10.2. The van der Waals surface area contributed by atoms with Gasteiger partial charge in [-0.25, -0.2) is 4.98 Å². The molecule has 0 saturated carbocycles. The Balaban J connectivity index is 1.69. The maximum atomic E-state index is 4.66. The fraction of sp³-hybridized carbons (Fsp3) is 0.462. The molecule has 0 spiro atoms. The molecule has 2 nitrogen and oxygen atoms in total. The number of nitrogens with zero attached hydrogens (tertiary/aromatic N) is 1. The first-order chi connectivity index (χ1) is 7.92. The summed E-state index contributed by atoms with van der Waals surface area (Å²) >= 11 is 1.84. The summed E-state index contributed by atoms with van der Waals surface area (Å²) in [5.41, 5.74) is 1.15. The van der Waals surface area contributed by atoms with Gasteiger partial charge in [0.1, 0.15) is 0 Å². The van der Waals surface area contributed by atoms with Crippen molar-refractivity contribution in [3.05, 3.63) is 29.3 Å². The smallest absolute Gasteiger partial charge is 0.0939 e. The van der Waals surface area contributed by atoms with Gasteiger partial charge in [0.25, 0.3) is 0 Å². The van der Waals surface area contributed by atoms with Crippen molar-refractivity contribution < 1.29 is 0 Å². The summed E-state index contributed by atoms with van der Waals surface area (Å²) in [6, 6.07) is 9.13. The first-order valence-electron chi connectivity index (χ1n) is 6.00. The number of aryl methyl sites for hydroxylation is 1. The van der Waals surface area contributed by atoms with Gasteiger partial charge in [0.15, 0.2) is 0 Å². The number of benzene rings is 1. The third kappa shape index (κ3) is 2.11. The number of aromatic nitrogens is 1. The highest BCUT2D eigenvalue weighted by Gasteiger charge is 2.14. The van der Waals surface area contributed by atoms with Gasteiger partial charge < -0.3 is 5.32 Å². The maximum absolute atomic E-state index is 4.66. The second kappa shape index (κ2) is 4.52. The first-order valence-corrected chi connectivity index (χ1v) is 6.81. The largest absolute Gasteiger partial charge is 0.314 e. The summed E-state index contributed by atoms with van der Waals surface area (Å²) in [5, 5.41) is 4.82. The second-order valence-corrected chi connectivity index (χ2v) is 5.52. The van der Waals surface area contributed by atoms with Crippen molar-refractivity contribution in [3.8, 4) is 0 Å². The molecule has 0 aliphatic carbocycles. The molecule has 2 aromatic rings. The van der Waals surface area contributed by atoms with Gasteiger partial charge >= 0.3 is 0 Å². The lowest BCUT2D eigenvalue weighted by Gasteiger charge is -2.07. The van der Waals surface area contributed by atoms with Crippen molar-refractivity contribution in [2.75, 3.05) is 6.54 Å². The van der Waals surface area contributed by atoms with Crippen molar-refractivity contribution >= 4 is 21.6 Å². The van der Waals surface area contributed by atoms with E-state index >= 15 is 0 Å². The summed E-state index contributed by atoms with van der Waals surface area (Å²) in [7, 11) is 0.